The molecule has 0 aliphatic heterocycles. The number of methoxy groups -OCH3 is 1. The van der Waals surface area contributed by atoms with Gasteiger partial charge in [-0.3, -0.25) is 4.57 Å². The molecule has 0 bridgehead atoms. The van der Waals surface area contributed by atoms with E-state index in [9.17, 15) is 9.59 Å². The van der Waals surface area contributed by atoms with E-state index in [1.807, 2.05) is 0 Å². The topological polar surface area (TPSA) is 57.5 Å². The van der Waals surface area contributed by atoms with Crippen LogP contribution in [0.25, 0.3) is 10.9 Å². The minimum Gasteiger partial charge on any atom is -0.465 e. The van der Waals surface area contributed by atoms with E-state index in [4.69, 9.17) is 9.47 Å². The zero-order valence-electron chi connectivity index (χ0n) is 12.3. The Kier molecular flexibility index (Phi) is 4.09. The van der Waals surface area contributed by atoms with Crippen molar-refractivity contribution in [3.05, 3.63) is 34.4 Å². The molecule has 0 unspecified atom stereocenters. The Morgan fingerprint density at radius 2 is 1.86 bits per heavy atom. The van der Waals surface area contributed by atoms with Gasteiger partial charge < -0.3 is 9.47 Å². The third-order valence-electron chi connectivity index (χ3n) is 2.79. The second-order valence-electron chi connectivity index (χ2n) is 5.51. The van der Waals surface area contributed by atoms with Crippen LogP contribution in [0.1, 0.15) is 31.1 Å². The van der Waals surface area contributed by atoms with Gasteiger partial charge in [0.15, 0.2) is 0 Å². The molecule has 0 amide bonds. The summed E-state index contributed by atoms with van der Waals surface area (Å²) < 4.78 is 12.2. The molecule has 0 spiro atoms. The maximum absolute atomic E-state index is 12.3. The summed E-state index contributed by atoms with van der Waals surface area (Å²) in [5.74, 6) is -0.504. The van der Waals surface area contributed by atoms with Crippen molar-refractivity contribution >= 4 is 38.9 Å². The van der Waals surface area contributed by atoms with Gasteiger partial charge in [0.25, 0.3) is 0 Å². The molecule has 112 valence electrons. The number of halogens is 1. The SMILES string of the molecule is COC(=O)c1ccc(Br)c2ccn(C(=O)OC(C)(C)C)c12. The lowest BCUT2D eigenvalue weighted by molar-refractivity contribution is 0.0544. The molecule has 2 aromatic rings. The monoisotopic (exact) mass is 353 g/mol. The van der Waals surface area contributed by atoms with Gasteiger partial charge in [-0.05, 0) is 39.0 Å². The first kappa shape index (κ1) is 15.6. The third-order valence-corrected chi connectivity index (χ3v) is 3.48. The Balaban J connectivity index is 2.63. The standard InChI is InChI=1S/C15H16BrNO4/c1-15(2,3)21-14(19)17-8-7-9-11(16)6-5-10(12(9)17)13(18)20-4/h5-8H,1-4H3. The van der Waals surface area contributed by atoms with Crippen LogP contribution < -0.4 is 0 Å². The average molecular weight is 354 g/mol. The van der Waals surface area contributed by atoms with Crippen LogP contribution in [0, 0.1) is 0 Å². The first-order valence-electron chi connectivity index (χ1n) is 6.36. The zero-order valence-corrected chi connectivity index (χ0v) is 13.9. The highest BCUT2D eigenvalue weighted by molar-refractivity contribution is 9.10. The lowest BCUT2D eigenvalue weighted by Crippen LogP contribution is -2.27. The summed E-state index contributed by atoms with van der Waals surface area (Å²) >= 11 is 3.41. The largest absolute Gasteiger partial charge is 0.465 e. The number of hydrogen-bond donors (Lipinski definition) is 0. The number of nitrogens with zero attached hydrogens (tertiary/aromatic N) is 1. The second-order valence-corrected chi connectivity index (χ2v) is 6.37. The van der Waals surface area contributed by atoms with Crippen molar-refractivity contribution in [1.29, 1.82) is 0 Å². The van der Waals surface area contributed by atoms with Gasteiger partial charge in [-0.15, -0.1) is 0 Å². The normalized spacial score (nSPS) is 11.5. The highest BCUT2D eigenvalue weighted by atomic mass is 79.9. The molecule has 0 atom stereocenters. The predicted molar refractivity (Wildman–Crippen MR) is 82.6 cm³/mol. The van der Waals surface area contributed by atoms with Gasteiger partial charge in [0.05, 0.1) is 18.2 Å². The highest BCUT2D eigenvalue weighted by Gasteiger charge is 2.23. The molecule has 6 heteroatoms. The van der Waals surface area contributed by atoms with Gasteiger partial charge in [-0.25, -0.2) is 9.59 Å². The van der Waals surface area contributed by atoms with Gasteiger partial charge >= 0.3 is 12.1 Å². The van der Waals surface area contributed by atoms with Crippen molar-refractivity contribution in [2.75, 3.05) is 7.11 Å². The summed E-state index contributed by atoms with van der Waals surface area (Å²) in [5.41, 5.74) is 0.155. The summed E-state index contributed by atoms with van der Waals surface area (Å²) in [5, 5.41) is 0.740. The van der Waals surface area contributed by atoms with Crippen molar-refractivity contribution in [3.8, 4) is 0 Å². The maximum atomic E-state index is 12.3. The predicted octanol–water partition coefficient (Wildman–Crippen LogP) is 3.97. The zero-order chi connectivity index (χ0) is 15.8. The van der Waals surface area contributed by atoms with Gasteiger partial charge in [0.2, 0.25) is 0 Å². The summed E-state index contributed by atoms with van der Waals surface area (Å²) in [6.07, 6.45) is 1.04. The van der Waals surface area contributed by atoms with E-state index in [-0.39, 0.29) is 0 Å². The Bertz CT molecular complexity index is 712. The van der Waals surface area contributed by atoms with E-state index in [1.165, 1.54) is 11.7 Å². The first-order valence-corrected chi connectivity index (χ1v) is 7.15. The number of fused-ring (bicyclic) bond motifs is 1. The van der Waals surface area contributed by atoms with Crippen LogP contribution in [0.2, 0.25) is 0 Å². The van der Waals surface area contributed by atoms with E-state index < -0.39 is 17.7 Å². The van der Waals surface area contributed by atoms with Crippen LogP contribution in [0.4, 0.5) is 4.79 Å². The molecule has 0 fully saturated rings. The van der Waals surface area contributed by atoms with Crippen molar-refractivity contribution in [2.45, 2.75) is 26.4 Å². The van der Waals surface area contributed by atoms with Crippen molar-refractivity contribution < 1.29 is 19.1 Å². The van der Waals surface area contributed by atoms with Crippen LogP contribution in [-0.2, 0) is 9.47 Å². The lowest BCUT2D eigenvalue weighted by atomic mass is 10.1. The second kappa shape index (κ2) is 5.52. The molecule has 0 saturated heterocycles. The Morgan fingerprint density at radius 1 is 1.19 bits per heavy atom. The third kappa shape index (κ3) is 3.10. The number of benzene rings is 1. The Hall–Kier alpha value is -1.82. The fraction of sp³-hybridized carbons (Fsp3) is 0.333. The van der Waals surface area contributed by atoms with Gasteiger partial charge in [0, 0.05) is 16.1 Å². The molecule has 0 N–H and O–H groups in total. The molecule has 2 rings (SSSR count). The van der Waals surface area contributed by atoms with E-state index >= 15 is 0 Å². The molecule has 1 aromatic heterocycles. The van der Waals surface area contributed by atoms with Crippen molar-refractivity contribution in [2.24, 2.45) is 0 Å². The molecule has 0 aliphatic carbocycles. The molecule has 0 aliphatic rings. The van der Waals surface area contributed by atoms with Crippen molar-refractivity contribution in [3.63, 3.8) is 0 Å². The summed E-state index contributed by atoms with van der Waals surface area (Å²) in [6.45, 7) is 5.36. The first-order chi connectivity index (χ1) is 9.74. The van der Waals surface area contributed by atoms with Crippen LogP contribution in [0.5, 0.6) is 0 Å². The Labute approximate surface area is 131 Å². The highest BCUT2D eigenvalue weighted by Crippen LogP contribution is 2.29. The molecule has 21 heavy (non-hydrogen) atoms. The number of rotatable bonds is 1. The molecule has 1 aromatic carbocycles. The smallest absolute Gasteiger partial charge is 0.419 e. The molecular weight excluding hydrogens is 338 g/mol. The number of hydrogen-bond acceptors (Lipinski definition) is 4. The Morgan fingerprint density at radius 3 is 2.43 bits per heavy atom. The number of carbonyl (C=O) groups excluding carboxylic acids is 2. The van der Waals surface area contributed by atoms with Crippen LogP contribution in [0.15, 0.2) is 28.9 Å². The fourth-order valence-corrected chi connectivity index (χ4v) is 2.42. The summed E-state index contributed by atoms with van der Waals surface area (Å²) in [7, 11) is 1.30. The summed E-state index contributed by atoms with van der Waals surface area (Å²) in [6, 6.07) is 5.10. The molecule has 1 heterocycles. The number of esters is 1. The van der Waals surface area contributed by atoms with Gasteiger partial charge in [0.1, 0.15) is 5.60 Å². The van der Waals surface area contributed by atoms with Crippen LogP contribution in [0.3, 0.4) is 0 Å². The van der Waals surface area contributed by atoms with Crippen molar-refractivity contribution in [1.82, 2.24) is 4.57 Å². The lowest BCUT2D eigenvalue weighted by Gasteiger charge is -2.20. The number of aromatic nitrogens is 1. The maximum Gasteiger partial charge on any atom is 0.419 e. The van der Waals surface area contributed by atoms with E-state index in [2.05, 4.69) is 15.9 Å². The molecule has 5 nitrogen and oxygen atoms in total. The number of ether oxygens (including phenoxy) is 2. The quantitative estimate of drug-likeness (QED) is 0.727. The number of carbonyl (C=O) groups is 2. The average Bonchev–Trinajstić information content (AvgIpc) is 2.82. The van der Waals surface area contributed by atoms with Crippen LogP contribution in [-0.4, -0.2) is 29.3 Å². The van der Waals surface area contributed by atoms with Gasteiger partial charge in [-0.2, -0.15) is 0 Å². The van der Waals surface area contributed by atoms with E-state index in [0.29, 0.717) is 11.1 Å². The molecule has 0 saturated carbocycles. The molecular formula is C15H16BrNO4. The fourth-order valence-electron chi connectivity index (χ4n) is 1.96. The van der Waals surface area contributed by atoms with E-state index in [0.717, 1.165) is 9.86 Å². The molecule has 0 radical (unpaired) electrons. The summed E-state index contributed by atoms with van der Waals surface area (Å²) in [4.78, 5) is 24.2. The minimum atomic E-state index is -0.620. The minimum absolute atomic E-state index is 0.312. The van der Waals surface area contributed by atoms with E-state index in [1.54, 1.807) is 45.2 Å². The van der Waals surface area contributed by atoms with Gasteiger partial charge in [-0.1, -0.05) is 15.9 Å². The van der Waals surface area contributed by atoms with Crippen LogP contribution >= 0.6 is 15.9 Å².